The Kier molecular flexibility index (Phi) is 4.24. The molecular formula is C12H12Br2N4O2. The van der Waals surface area contributed by atoms with E-state index in [-0.39, 0.29) is 6.54 Å². The van der Waals surface area contributed by atoms with Crippen LogP contribution in [0.2, 0.25) is 0 Å². The van der Waals surface area contributed by atoms with Gasteiger partial charge in [-0.2, -0.15) is 0 Å². The van der Waals surface area contributed by atoms with Gasteiger partial charge in [-0.3, -0.25) is 4.79 Å². The molecular weight excluding hydrogens is 392 g/mol. The Balaban J connectivity index is 2.40. The van der Waals surface area contributed by atoms with Gasteiger partial charge in [0, 0.05) is 14.5 Å². The second-order valence-corrected chi connectivity index (χ2v) is 6.84. The number of halogens is 2. The summed E-state index contributed by atoms with van der Waals surface area (Å²) in [5.74, 6) is -0.365. The molecule has 0 unspecified atom stereocenters. The van der Waals surface area contributed by atoms with Gasteiger partial charge in [0.05, 0.1) is 12.0 Å². The van der Waals surface area contributed by atoms with Crippen LogP contribution in [0.25, 0.3) is 11.4 Å². The van der Waals surface area contributed by atoms with Crippen molar-refractivity contribution in [1.82, 2.24) is 20.2 Å². The molecule has 1 aromatic carbocycles. The summed E-state index contributed by atoms with van der Waals surface area (Å²) in [5.41, 5.74) is -0.148. The van der Waals surface area contributed by atoms with E-state index < -0.39 is 11.4 Å². The molecule has 0 aliphatic heterocycles. The van der Waals surface area contributed by atoms with E-state index in [1.807, 2.05) is 18.2 Å². The van der Waals surface area contributed by atoms with Crippen LogP contribution in [0.15, 0.2) is 27.1 Å². The molecule has 6 nitrogen and oxygen atoms in total. The molecule has 0 fully saturated rings. The highest BCUT2D eigenvalue weighted by atomic mass is 79.9. The second kappa shape index (κ2) is 5.61. The zero-order chi connectivity index (χ0) is 14.9. The number of aromatic nitrogens is 4. The van der Waals surface area contributed by atoms with E-state index in [2.05, 4.69) is 47.4 Å². The first-order chi connectivity index (χ1) is 9.29. The predicted molar refractivity (Wildman–Crippen MR) is 80.1 cm³/mol. The van der Waals surface area contributed by atoms with Crippen LogP contribution >= 0.6 is 31.9 Å². The van der Waals surface area contributed by atoms with Crippen molar-refractivity contribution in [2.45, 2.75) is 20.4 Å². The Morgan fingerprint density at radius 1 is 1.30 bits per heavy atom. The maximum atomic E-state index is 11.2. The fourth-order valence-corrected chi connectivity index (χ4v) is 2.94. The molecule has 0 aliphatic carbocycles. The summed E-state index contributed by atoms with van der Waals surface area (Å²) in [7, 11) is 0. The lowest BCUT2D eigenvalue weighted by Gasteiger charge is -2.19. The van der Waals surface area contributed by atoms with Crippen LogP contribution in [0.1, 0.15) is 13.8 Å². The van der Waals surface area contributed by atoms with Gasteiger partial charge in [-0.15, -0.1) is 5.10 Å². The Labute approximate surface area is 132 Å². The summed E-state index contributed by atoms with van der Waals surface area (Å²) in [6.45, 7) is 3.46. The number of tetrazole rings is 1. The maximum Gasteiger partial charge on any atom is 0.310 e. The third-order valence-electron chi connectivity index (χ3n) is 2.78. The van der Waals surface area contributed by atoms with Crippen molar-refractivity contribution in [3.8, 4) is 11.4 Å². The zero-order valence-corrected chi connectivity index (χ0v) is 14.0. The summed E-state index contributed by atoms with van der Waals surface area (Å²) in [5, 5.41) is 20.7. The lowest BCUT2D eigenvalue weighted by atomic mass is 9.94. The molecule has 0 saturated carbocycles. The minimum absolute atomic E-state index is 0.189. The fourth-order valence-electron chi connectivity index (χ4n) is 1.64. The van der Waals surface area contributed by atoms with E-state index in [9.17, 15) is 9.90 Å². The Hall–Kier alpha value is -1.28. The van der Waals surface area contributed by atoms with E-state index in [0.29, 0.717) is 5.82 Å². The monoisotopic (exact) mass is 402 g/mol. The molecule has 20 heavy (non-hydrogen) atoms. The largest absolute Gasteiger partial charge is 0.481 e. The summed E-state index contributed by atoms with van der Waals surface area (Å²) in [6.07, 6.45) is 0. The third-order valence-corrected chi connectivity index (χ3v) is 3.69. The van der Waals surface area contributed by atoms with Crippen LogP contribution in [0.5, 0.6) is 0 Å². The van der Waals surface area contributed by atoms with Crippen LogP contribution < -0.4 is 0 Å². The summed E-state index contributed by atoms with van der Waals surface area (Å²) >= 11 is 6.81. The quantitative estimate of drug-likeness (QED) is 0.848. The maximum absolute atomic E-state index is 11.2. The summed E-state index contributed by atoms with van der Waals surface area (Å²) in [6, 6.07) is 5.65. The number of carboxylic acid groups (broad SMARTS) is 1. The third kappa shape index (κ3) is 3.24. The van der Waals surface area contributed by atoms with Gasteiger partial charge in [-0.1, -0.05) is 31.9 Å². The van der Waals surface area contributed by atoms with Crippen molar-refractivity contribution >= 4 is 37.8 Å². The SMILES string of the molecule is CC(C)(Cn1nnnc1-c1cc(Br)cc(Br)c1)C(=O)O. The molecule has 2 aromatic rings. The fraction of sp³-hybridized carbons (Fsp3) is 0.333. The minimum atomic E-state index is -0.951. The standard InChI is InChI=1S/C12H12Br2N4O2/c1-12(2,11(19)20)6-18-10(15-16-17-18)7-3-8(13)5-9(14)4-7/h3-5H,6H2,1-2H3,(H,19,20). The molecule has 0 atom stereocenters. The number of carboxylic acids is 1. The van der Waals surface area contributed by atoms with Crippen LogP contribution in [0.3, 0.4) is 0 Å². The molecule has 0 amide bonds. The smallest absolute Gasteiger partial charge is 0.310 e. The van der Waals surface area contributed by atoms with Crippen molar-refractivity contribution in [3.05, 3.63) is 27.1 Å². The van der Waals surface area contributed by atoms with Crippen molar-refractivity contribution in [2.75, 3.05) is 0 Å². The van der Waals surface area contributed by atoms with Crippen molar-refractivity contribution in [3.63, 3.8) is 0 Å². The predicted octanol–water partition coefficient (Wildman–Crippen LogP) is 2.98. The first-order valence-corrected chi connectivity index (χ1v) is 7.34. The van der Waals surface area contributed by atoms with E-state index in [4.69, 9.17) is 0 Å². The average molecular weight is 404 g/mol. The van der Waals surface area contributed by atoms with E-state index in [1.165, 1.54) is 4.68 Å². The summed E-state index contributed by atoms with van der Waals surface area (Å²) in [4.78, 5) is 11.2. The highest BCUT2D eigenvalue weighted by Gasteiger charge is 2.29. The normalized spacial score (nSPS) is 11.6. The van der Waals surface area contributed by atoms with E-state index >= 15 is 0 Å². The molecule has 2 rings (SSSR count). The number of hydrogen-bond acceptors (Lipinski definition) is 4. The van der Waals surface area contributed by atoms with Crippen molar-refractivity contribution in [2.24, 2.45) is 5.41 Å². The molecule has 0 spiro atoms. The van der Waals surface area contributed by atoms with Crippen LogP contribution in [0, 0.1) is 5.41 Å². The second-order valence-electron chi connectivity index (χ2n) is 5.01. The number of nitrogens with zero attached hydrogens (tertiary/aromatic N) is 4. The van der Waals surface area contributed by atoms with E-state index in [1.54, 1.807) is 13.8 Å². The number of benzene rings is 1. The molecule has 1 aromatic heterocycles. The first-order valence-electron chi connectivity index (χ1n) is 5.75. The lowest BCUT2D eigenvalue weighted by Crippen LogP contribution is -2.30. The molecule has 0 radical (unpaired) electrons. The van der Waals surface area contributed by atoms with Crippen LogP contribution in [-0.4, -0.2) is 31.3 Å². The van der Waals surface area contributed by atoms with Crippen molar-refractivity contribution < 1.29 is 9.90 Å². The molecule has 1 heterocycles. The number of aliphatic carboxylic acids is 1. The highest BCUT2D eigenvalue weighted by molar-refractivity contribution is 9.11. The molecule has 8 heteroatoms. The van der Waals surface area contributed by atoms with Gasteiger partial charge in [0.15, 0.2) is 5.82 Å². The molecule has 1 N–H and O–H groups in total. The van der Waals surface area contributed by atoms with Crippen molar-refractivity contribution in [1.29, 1.82) is 0 Å². The van der Waals surface area contributed by atoms with Gasteiger partial charge in [-0.25, -0.2) is 4.68 Å². The minimum Gasteiger partial charge on any atom is -0.481 e. The molecule has 0 aliphatic rings. The Morgan fingerprint density at radius 3 is 2.45 bits per heavy atom. The summed E-state index contributed by atoms with van der Waals surface area (Å²) < 4.78 is 3.27. The van der Waals surface area contributed by atoms with Gasteiger partial charge in [0.25, 0.3) is 0 Å². The van der Waals surface area contributed by atoms with E-state index in [0.717, 1.165) is 14.5 Å². The Morgan fingerprint density at radius 2 is 1.90 bits per heavy atom. The first kappa shape index (κ1) is 15.1. The molecule has 0 bridgehead atoms. The van der Waals surface area contributed by atoms with Gasteiger partial charge in [0.1, 0.15) is 0 Å². The average Bonchev–Trinajstić information content (AvgIpc) is 2.74. The number of rotatable bonds is 4. The van der Waals surface area contributed by atoms with Gasteiger partial charge >= 0.3 is 5.97 Å². The highest BCUT2D eigenvalue weighted by Crippen LogP contribution is 2.27. The zero-order valence-electron chi connectivity index (χ0n) is 10.8. The van der Waals surface area contributed by atoms with Gasteiger partial charge in [0.2, 0.25) is 0 Å². The number of carbonyl (C=O) groups is 1. The molecule has 0 saturated heterocycles. The molecule has 106 valence electrons. The van der Waals surface area contributed by atoms with Crippen LogP contribution in [-0.2, 0) is 11.3 Å². The van der Waals surface area contributed by atoms with Crippen LogP contribution in [0.4, 0.5) is 0 Å². The number of hydrogen-bond donors (Lipinski definition) is 1. The van der Waals surface area contributed by atoms with Gasteiger partial charge < -0.3 is 5.11 Å². The Bertz CT molecular complexity index is 634. The topological polar surface area (TPSA) is 80.9 Å². The van der Waals surface area contributed by atoms with Gasteiger partial charge in [-0.05, 0) is 42.5 Å². The lowest BCUT2D eigenvalue weighted by molar-refractivity contribution is -0.147.